The van der Waals surface area contributed by atoms with Crippen molar-refractivity contribution in [2.45, 2.75) is 36.0 Å². The third-order valence-corrected chi connectivity index (χ3v) is 7.51. The predicted octanol–water partition coefficient (Wildman–Crippen LogP) is 1.97. The molecule has 1 saturated heterocycles. The fourth-order valence-electron chi connectivity index (χ4n) is 3.10. The molecule has 0 spiro atoms. The van der Waals surface area contributed by atoms with Gasteiger partial charge in [-0.05, 0) is 48.8 Å². The van der Waals surface area contributed by atoms with Crippen molar-refractivity contribution < 1.29 is 13.2 Å². The first kappa shape index (κ1) is 16.8. The number of hydrogen-bond donors (Lipinski definition) is 0. The van der Waals surface area contributed by atoms with E-state index in [-0.39, 0.29) is 5.91 Å². The van der Waals surface area contributed by atoms with Crippen LogP contribution in [-0.4, -0.2) is 55.5 Å². The fraction of sp³-hybridized carbons (Fsp3) is 0.562. The van der Waals surface area contributed by atoms with Crippen LogP contribution in [0.4, 0.5) is 0 Å². The Balaban J connectivity index is 1.82. The van der Waals surface area contributed by atoms with Gasteiger partial charge < -0.3 is 4.90 Å². The van der Waals surface area contributed by atoms with E-state index < -0.39 is 10.0 Å². The maximum absolute atomic E-state index is 12.9. The average Bonchev–Trinajstić information content (AvgIpc) is 2.81. The second-order valence-electron chi connectivity index (χ2n) is 5.99. The van der Waals surface area contributed by atoms with E-state index in [0.29, 0.717) is 37.5 Å². The Hall–Kier alpha value is -1.05. The molecule has 126 valence electrons. The first-order valence-corrected chi connectivity index (χ1v) is 10.4. The molecule has 23 heavy (non-hydrogen) atoms. The molecule has 0 unspecified atom stereocenters. The highest BCUT2D eigenvalue weighted by Crippen LogP contribution is 2.32. The standard InChI is InChI=1S/C16H22N2O3S2/c1-13(19)17-7-3-8-18(10-9-17)23(20,21)15-5-6-16-14(12-15)4-2-11-22-16/h5-6,12H,2-4,7-11H2,1H3. The maximum atomic E-state index is 12.9. The Morgan fingerprint density at radius 2 is 1.96 bits per heavy atom. The van der Waals surface area contributed by atoms with Crippen molar-refractivity contribution in [2.75, 3.05) is 31.9 Å². The summed E-state index contributed by atoms with van der Waals surface area (Å²) in [5.41, 5.74) is 1.14. The quantitative estimate of drug-likeness (QED) is 0.815. The van der Waals surface area contributed by atoms with Gasteiger partial charge in [-0.3, -0.25) is 4.79 Å². The molecular weight excluding hydrogens is 332 g/mol. The molecule has 2 aliphatic rings. The van der Waals surface area contributed by atoms with Gasteiger partial charge in [-0.2, -0.15) is 4.31 Å². The normalized spacial score (nSPS) is 20.0. The highest BCUT2D eigenvalue weighted by atomic mass is 32.2. The summed E-state index contributed by atoms with van der Waals surface area (Å²) in [7, 11) is -3.48. The monoisotopic (exact) mass is 354 g/mol. The number of aryl methyl sites for hydroxylation is 1. The lowest BCUT2D eigenvalue weighted by Crippen LogP contribution is -2.36. The average molecular weight is 354 g/mol. The van der Waals surface area contributed by atoms with Crippen LogP contribution in [-0.2, 0) is 21.2 Å². The minimum absolute atomic E-state index is 0.00931. The molecule has 2 heterocycles. The lowest BCUT2D eigenvalue weighted by molar-refractivity contribution is -0.128. The summed E-state index contributed by atoms with van der Waals surface area (Å²) >= 11 is 1.80. The van der Waals surface area contributed by atoms with Crippen LogP contribution in [0.1, 0.15) is 25.3 Å². The van der Waals surface area contributed by atoms with Crippen LogP contribution in [0.25, 0.3) is 0 Å². The van der Waals surface area contributed by atoms with Crippen molar-refractivity contribution in [1.82, 2.24) is 9.21 Å². The first-order valence-electron chi connectivity index (χ1n) is 8.00. The van der Waals surface area contributed by atoms with Crippen LogP contribution >= 0.6 is 11.8 Å². The van der Waals surface area contributed by atoms with Gasteiger partial charge in [0.25, 0.3) is 0 Å². The summed E-state index contributed by atoms with van der Waals surface area (Å²) in [5.74, 6) is 1.11. The molecule has 0 radical (unpaired) electrons. The van der Waals surface area contributed by atoms with Crippen molar-refractivity contribution in [3.05, 3.63) is 23.8 Å². The topological polar surface area (TPSA) is 57.7 Å². The number of benzene rings is 1. The van der Waals surface area contributed by atoms with Gasteiger partial charge in [0.05, 0.1) is 4.90 Å². The number of thioether (sulfide) groups is 1. The fourth-order valence-corrected chi connectivity index (χ4v) is 5.64. The van der Waals surface area contributed by atoms with Gasteiger partial charge in [0.2, 0.25) is 15.9 Å². The maximum Gasteiger partial charge on any atom is 0.243 e. The van der Waals surface area contributed by atoms with Gasteiger partial charge in [0.15, 0.2) is 0 Å². The molecule has 1 fully saturated rings. The third-order valence-electron chi connectivity index (χ3n) is 4.42. The second-order valence-corrected chi connectivity index (χ2v) is 9.06. The summed E-state index contributed by atoms with van der Waals surface area (Å²) < 4.78 is 27.4. The van der Waals surface area contributed by atoms with E-state index in [2.05, 4.69) is 0 Å². The SMILES string of the molecule is CC(=O)N1CCCN(S(=O)(=O)c2ccc3c(c2)CCCS3)CC1. The van der Waals surface area contributed by atoms with E-state index in [1.54, 1.807) is 22.7 Å². The lowest BCUT2D eigenvalue weighted by atomic mass is 10.1. The Morgan fingerprint density at radius 1 is 1.13 bits per heavy atom. The van der Waals surface area contributed by atoms with Crippen molar-refractivity contribution >= 4 is 27.7 Å². The van der Waals surface area contributed by atoms with E-state index >= 15 is 0 Å². The molecule has 1 amide bonds. The van der Waals surface area contributed by atoms with Crippen LogP contribution in [0.3, 0.4) is 0 Å². The predicted molar refractivity (Wildman–Crippen MR) is 91.1 cm³/mol. The summed E-state index contributed by atoms with van der Waals surface area (Å²) in [6, 6.07) is 5.50. The van der Waals surface area contributed by atoms with E-state index in [9.17, 15) is 13.2 Å². The van der Waals surface area contributed by atoms with Gasteiger partial charge in [-0.15, -0.1) is 11.8 Å². The van der Waals surface area contributed by atoms with Gasteiger partial charge in [0, 0.05) is 38.0 Å². The molecule has 1 aromatic carbocycles. The Bertz CT molecular complexity index is 703. The number of hydrogen-bond acceptors (Lipinski definition) is 4. The van der Waals surface area contributed by atoms with Crippen LogP contribution in [0, 0.1) is 0 Å². The minimum Gasteiger partial charge on any atom is -0.342 e. The molecule has 0 aliphatic carbocycles. The number of fused-ring (bicyclic) bond motifs is 1. The molecule has 1 aromatic rings. The van der Waals surface area contributed by atoms with Crippen molar-refractivity contribution in [1.29, 1.82) is 0 Å². The summed E-state index contributed by atoms with van der Waals surface area (Å²) in [6.07, 6.45) is 2.72. The third kappa shape index (κ3) is 3.56. The van der Waals surface area contributed by atoms with Gasteiger partial charge >= 0.3 is 0 Å². The largest absolute Gasteiger partial charge is 0.342 e. The Morgan fingerprint density at radius 3 is 2.74 bits per heavy atom. The highest BCUT2D eigenvalue weighted by molar-refractivity contribution is 7.99. The number of nitrogens with zero attached hydrogens (tertiary/aromatic N) is 2. The lowest BCUT2D eigenvalue weighted by Gasteiger charge is -2.22. The van der Waals surface area contributed by atoms with Crippen molar-refractivity contribution in [2.24, 2.45) is 0 Å². The number of sulfonamides is 1. The van der Waals surface area contributed by atoms with Crippen LogP contribution < -0.4 is 0 Å². The Kier molecular flexibility index (Phi) is 4.98. The summed E-state index contributed by atoms with van der Waals surface area (Å²) in [5, 5.41) is 0. The minimum atomic E-state index is -3.48. The highest BCUT2D eigenvalue weighted by Gasteiger charge is 2.28. The zero-order chi connectivity index (χ0) is 16.4. The van der Waals surface area contributed by atoms with E-state index in [1.165, 1.54) is 16.1 Å². The summed E-state index contributed by atoms with van der Waals surface area (Å²) in [4.78, 5) is 14.8. The molecule has 3 rings (SSSR count). The Labute approximate surface area is 142 Å². The zero-order valence-corrected chi connectivity index (χ0v) is 15.0. The van der Waals surface area contributed by atoms with Gasteiger partial charge in [0.1, 0.15) is 0 Å². The second kappa shape index (κ2) is 6.83. The number of amides is 1. The smallest absolute Gasteiger partial charge is 0.243 e. The van der Waals surface area contributed by atoms with E-state index in [4.69, 9.17) is 0 Å². The van der Waals surface area contributed by atoms with E-state index in [0.717, 1.165) is 24.2 Å². The molecule has 7 heteroatoms. The molecule has 0 bridgehead atoms. The van der Waals surface area contributed by atoms with Crippen LogP contribution in [0.15, 0.2) is 28.0 Å². The molecule has 0 N–H and O–H groups in total. The zero-order valence-electron chi connectivity index (χ0n) is 13.3. The molecule has 2 aliphatic heterocycles. The van der Waals surface area contributed by atoms with E-state index in [1.807, 2.05) is 12.1 Å². The van der Waals surface area contributed by atoms with Crippen LogP contribution in [0.2, 0.25) is 0 Å². The van der Waals surface area contributed by atoms with Gasteiger partial charge in [-0.25, -0.2) is 8.42 Å². The molecule has 0 atom stereocenters. The number of carbonyl (C=O) groups excluding carboxylic acids is 1. The molecule has 0 saturated carbocycles. The number of carbonyl (C=O) groups is 1. The first-order chi connectivity index (χ1) is 11.0. The van der Waals surface area contributed by atoms with Crippen molar-refractivity contribution in [3.63, 3.8) is 0 Å². The summed E-state index contributed by atoms with van der Waals surface area (Å²) in [6.45, 7) is 3.47. The molecule has 0 aromatic heterocycles. The van der Waals surface area contributed by atoms with Crippen molar-refractivity contribution in [3.8, 4) is 0 Å². The van der Waals surface area contributed by atoms with Crippen LogP contribution in [0.5, 0.6) is 0 Å². The molecular formula is C16H22N2O3S2. The number of rotatable bonds is 2. The van der Waals surface area contributed by atoms with Gasteiger partial charge in [-0.1, -0.05) is 0 Å². The molecule has 5 nitrogen and oxygen atoms in total.